The molecule has 20 heavy (non-hydrogen) atoms. The normalized spacial score (nSPS) is 17.2. The fourth-order valence-electron chi connectivity index (χ4n) is 2.40. The molecule has 5 nitrogen and oxygen atoms in total. The number of ether oxygens (including phenoxy) is 1. The van der Waals surface area contributed by atoms with Crippen LogP contribution >= 0.6 is 0 Å². The Morgan fingerprint density at radius 2 is 2.25 bits per heavy atom. The van der Waals surface area contributed by atoms with Gasteiger partial charge in [0.25, 0.3) is 5.91 Å². The first-order chi connectivity index (χ1) is 9.65. The number of carbonyl (C=O) groups excluding carboxylic acids is 1. The van der Waals surface area contributed by atoms with Crippen molar-refractivity contribution >= 4 is 5.91 Å². The highest BCUT2D eigenvalue weighted by Gasteiger charge is 2.23. The molecule has 1 aromatic carbocycles. The topological polar surface area (TPSA) is 56.1 Å². The third-order valence-corrected chi connectivity index (χ3v) is 3.61. The molecule has 1 atom stereocenters. The van der Waals surface area contributed by atoms with Crippen LogP contribution in [-0.4, -0.2) is 22.3 Å². The summed E-state index contributed by atoms with van der Waals surface area (Å²) in [4.78, 5) is 12.3. The fraction of sp³-hybridized carbons (Fsp3) is 0.333. The van der Waals surface area contributed by atoms with Crippen molar-refractivity contribution in [2.75, 3.05) is 6.61 Å². The van der Waals surface area contributed by atoms with Crippen molar-refractivity contribution in [2.24, 2.45) is 7.05 Å². The van der Waals surface area contributed by atoms with Crippen LogP contribution in [-0.2, 0) is 7.05 Å². The summed E-state index contributed by atoms with van der Waals surface area (Å²) < 4.78 is 7.29. The third kappa shape index (κ3) is 2.27. The molecule has 0 saturated heterocycles. The first-order valence-electron chi connectivity index (χ1n) is 6.68. The summed E-state index contributed by atoms with van der Waals surface area (Å²) in [5.41, 5.74) is 2.44. The minimum absolute atomic E-state index is 0.0187. The first kappa shape index (κ1) is 12.7. The highest BCUT2D eigenvalue weighted by molar-refractivity contribution is 5.92. The third-order valence-electron chi connectivity index (χ3n) is 3.61. The Bertz CT molecular complexity index is 629. The van der Waals surface area contributed by atoms with Crippen molar-refractivity contribution in [1.82, 2.24) is 15.1 Å². The maximum absolute atomic E-state index is 12.3. The lowest BCUT2D eigenvalue weighted by atomic mass is 10.0. The number of para-hydroxylation sites is 1. The van der Waals surface area contributed by atoms with Crippen LogP contribution in [0.15, 0.2) is 30.3 Å². The Labute approximate surface area is 117 Å². The molecule has 0 fully saturated rings. The van der Waals surface area contributed by atoms with E-state index < -0.39 is 0 Å². The number of benzene rings is 1. The van der Waals surface area contributed by atoms with Gasteiger partial charge in [-0.25, -0.2) is 0 Å². The number of carbonyl (C=O) groups is 1. The Morgan fingerprint density at radius 3 is 3.00 bits per heavy atom. The number of nitrogens with zero attached hydrogens (tertiary/aromatic N) is 2. The standard InChI is InChI=1S/C15H17N3O2/c1-10-9-13(17-18(10)2)15(19)16-12-7-8-20-14-6-4-3-5-11(12)14/h3-6,9,12H,7-8H2,1-2H3,(H,16,19). The lowest BCUT2D eigenvalue weighted by Crippen LogP contribution is -2.32. The van der Waals surface area contributed by atoms with E-state index in [-0.39, 0.29) is 11.9 Å². The SMILES string of the molecule is Cc1cc(C(=O)NC2CCOc3ccccc32)nn1C. The minimum atomic E-state index is -0.143. The predicted molar refractivity (Wildman–Crippen MR) is 74.7 cm³/mol. The van der Waals surface area contributed by atoms with Gasteiger partial charge in [0.2, 0.25) is 0 Å². The number of hydrogen-bond acceptors (Lipinski definition) is 3. The van der Waals surface area contributed by atoms with E-state index in [0.717, 1.165) is 23.4 Å². The van der Waals surface area contributed by atoms with Crippen molar-refractivity contribution in [1.29, 1.82) is 0 Å². The number of rotatable bonds is 2. The maximum atomic E-state index is 12.3. The van der Waals surface area contributed by atoms with Crippen molar-refractivity contribution in [3.8, 4) is 5.75 Å². The molecule has 0 bridgehead atoms. The van der Waals surface area contributed by atoms with Gasteiger partial charge in [-0.05, 0) is 19.1 Å². The minimum Gasteiger partial charge on any atom is -0.493 e. The second kappa shape index (κ2) is 5.00. The van der Waals surface area contributed by atoms with Gasteiger partial charge >= 0.3 is 0 Å². The lowest BCUT2D eigenvalue weighted by molar-refractivity contribution is 0.0919. The summed E-state index contributed by atoms with van der Waals surface area (Å²) in [5, 5.41) is 7.24. The molecule has 2 heterocycles. The summed E-state index contributed by atoms with van der Waals surface area (Å²) in [7, 11) is 1.83. The number of amides is 1. The number of fused-ring (bicyclic) bond motifs is 1. The van der Waals surface area contributed by atoms with Gasteiger partial charge in [0.1, 0.15) is 11.4 Å². The predicted octanol–water partition coefficient (Wildman–Crippen LogP) is 1.98. The average molecular weight is 271 g/mol. The van der Waals surface area contributed by atoms with Crippen LogP contribution < -0.4 is 10.1 Å². The van der Waals surface area contributed by atoms with Crippen LogP contribution in [0.2, 0.25) is 0 Å². The highest BCUT2D eigenvalue weighted by Crippen LogP contribution is 2.31. The monoisotopic (exact) mass is 271 g/mol. The molecule has 1 aliphatic heterocycles. The van der Waals surface area contributed by atoms with E-state index in [0.29, 0.717) is 12.3 Å². The van der Waals surface area contributed by atoms with Crippen LogP contribution in [0.4, 0.5) is 0 Å². The van der Waals surface area contributed by atoms with Gasteiger partial charge in [0.05, 0.1) is 12.6 Å². The smallest absolute Gasteiger partial charge is 0.272 e. The zero-order chi connectivity index (χ0) is 14.1. The maximum Gasteiger partial charge on any atom is 0.272 e. The van der Waals surface area contributed by atoms with Crippen LogP contribution in [0.1, 0.15) is 34.2 Å². The Morgan fingerprint density at radius 1 is 1.45 bits per heavy atom. The van der Waals surface area contributed by atoms with E-state index >= 15 is 0 Å². The Hall–Kier alpha value is -2.30. The summed E-state index contributed by atoms with van der Waals surface area (Å²) in [6.07, 6.45) is 0.772. The molecule has 2 aromatic rings. The van der Waals surface area contributed by atoms with E-state index in [1.54, 1.807) is 10.7 Å². The van der Waals surface area contributed by atoms with Crippen molar-refractivity contribution in [2.45, 2.75) is 19.4 Å². The molecule has 0 radical (unpaired) electrons. The molecular weight excluding hydrogens is 254 g/mol. The zero-order valence-electron chi connectivity index (χ0n) is 11.6. The number of nitrogens with one attached hydrogen (secondary N) is 1. The lowest BCUT2D eigenvalue weighted by Gasteiger charge is -2.26. The van der Waals surface area contributed by atoms with Gasteiger partial charge in [-0.1, -0.05) is 18.2 Å². The molecule has 0 saturated carbocycles. The Kier molecular flexibility index (Phi) is 3.18. The number of aromatic nitrogens is 2. The summed E-state index contributed by atoms with van der Waals surface area (Å²) in [6, 6.07) is 9.58. The van der Waals surface area contributed by atoms with E-state index in [2.05, 4.69) is 10.4 Å². The van der Waals surface area contributed by atoms with E-state index in [9.17, 15) is 4.79 Å². The molecule has 1 aliphatic rings. The van der Waals surface area contributed by atoms with Gasteiger partial charge < -0.3 is 10.1 Å². The number of hydrogen-bond donors (Lipinski definition) is 1. The average Bonchev–Trinajstić information content (AvgIpc) is 2.79. The van der Waals surface area contributed by atoms with Crippen molar-refractivity contribution < 1.29 is 9.53 Å². The molecule has 3 rings (SSSR count). The summed E-state index contributed by atoms with van der Waals surface area (Å²) in [6.45, 7) is 2.54. The molecule has 0 aliphatic carbocycles. The van der Waals surface area contributed by atoms with Gasteiger partial charge in [0.15, 0.2) is 0 Å². The highest BCUT2D eigenvalue weighted by atomic mass is 16.5. The second-order valence-corrected chi connectivity index (χ2v) is 5.00. The summed E-state index contributed by atoms with van der Waals surface area (Å²) in [5.74, 6) is 0.705. The van der Waals surface area contributed by atoms with Crippen molar-refractivity contribution in [3.63, 3.8) is 0 Å². The van der Waals surface area contributed by atoms with Crippen LogP contribution in [0.25, 0.3) is 0 Å². The van der Waals surface area contributed by atoms with Crippen LogP contribution in [0.5, 0.6) is 5.75 Å². The number of aryl methyl sites for hydroxylation is 2. The first-order valence-corrected chi connectivity index (χ1v) is 6.68. The Balaban J connectivity index is 1.80. The molecule has 1 unspecified atom stereocenters. The fourth-order valence-corrected chi connectivity index (χ4v) is 2.40. The van der Waals surface area contributed by atoms with Crippen molar-refractivity contribution in [3.05, 3.63) is 47.3 Å². The molecule has 104 valence electrons. The molecule has 1 aromatic heterocycles. The molecule has 5 heteroatoms. The van der Waals surface area contributed by atoms with Gasteiger partial charge in [-0.15, -0.1) is 0 Å². The molecule has 1 amide bonds. The van der Waals surface area contributed by atoms with E-state index in [1.165, 1.54) is 0 Å². The molecule has 1 N–H and O–H groups in total. The quantitative estimate of drug-likeness (QED) is 0.908. The second-order valence-electron chi connectivity index (χ2n) is 5.00. The van der Waals surface area contributed by atoms with Crippen LogP contribution in [0.3, 0.4) is 0 Å². The zero-order valence-corrected chi connectivity index (χ0v) is 11.6. The molecular formula is C15H17N3O2. The van der Waals surface area contributed by atoms with Crippen LogP contribution in [0, 0.1) is 6.92 Å². The molecule has 0 spiro atoms. The van der Waals surface area contributed by atoms with Gasteiger partial charge in [0, 0.05) is 24.7 Å². The van der Waals surface area contributed by atoms with Gasteiger partial charge in [-0.2, -0.15) is 5.10 Å². The van der Waals surface area contributed by atoms with E-state index in [1.807, 2.05) is 38.2 Å². The largest absolute Gasteiger partial charge is 0.493 e. The van der Waals surface area contributed by atoms with Gasteiger partial charge in [-0.3, -0.25) is 9.48 Å². The van der Waals surface area contributed by atoms with E-state index in [4.69, 9.17) is 4.74 Å². The summed E-state index contributed by atoms with van der Waals surface area (Å²) >= 11 is 0.